The van der Waals surface area contributed by atoms with Gasteiger partial charge in [-0.25, -0.2) is 0 Å². The van der Waals surface area contributed by atoms with Crippen molar-refractivity contribution in [2.24, 2.45) is 0 Å². The summed E-state index contributed by atoms with van der Waals surface area (Å²) < 4.78 is 48.6. The number of halogens is 3. The number of nitrogens with one attached hydrogen (secondary N) is 1. The third-order valence-corrected chi connectivity index (χ3v) is 5.82. The summed E-state index contributed by atoms with van der Waals surface area (Å²) in [5.74, 6) is -1.15. The van der Waals surface area contributed by atoms with E-state index in [0.717, 1.165) is 11.8 Å². The van der Waals surface area contributed by atoms with Crippen molar-refractivity contribution in [3.8, 4) is 11.6 Å². The molecular weight excluding hydrogens is 459 g/mol. The lowest BCUT2D eigenvalue weighted by Crippen LogP contribution is -2.50. The summed E-state index contributed by atoms with van der Waals surface area (Å²) >= 11 is 0.938. The molecule has 2 aromatic heterocycles. The molecule has 12 heteroatoms. The van der Waals surface area contributed by atoms with E-state index < -0.39 is 30.5 Å². The minimum atomic E-state index is -4.80. The van der Waals surface area contributed by atoms with Crippen LogP contribution in [0.3, 0.4) is 0 Å². The second kappa shape index (κ2) is 9.14. The van der Waals surface area contributed by atoms with Crippen molar-refractivity contribution in [1.29, 1.82) is 0 Å². The summed E-state index contributed by atoms with van der Waals surface area (Å²) in [5.41, 5.74) is 0.127. The van der Waals surface area contributed by atoms with Gasteiger partial charge in [-0.2, -0.15) is 13.2 Å². The van der Waals surface area contributed by atoms with Crippen LogP contribution >= 0.6 is 11.8 Å². The molecule has 0 saturated carbocycles. The number of hydrogen-bond donors (Lipinski definition) is 1. The van der Waals surface area contributed by atoms with Gasteiger partial charge in [-0.15, -0.1) is 16.8 Å². The summed E-state index contributed by atoms with van der Waals surface area (Å²) in [6, 6.07) is 6.98. The predicted molar refractivity (Wildman–Crippen MR) is 116 cm³/mol. The van der Waals surface area contributed by atoms with Gasteiger partial charge in [0.2, 0.25) is 17.6 Å². The van der Waals surface area contributed by atoms with Gasteiger partial charge in [-0.3, -0.25) is 19.1 Å². The second-order valence-corrected chi connectivity index (χ2v) is 8.00. The summed E-state index contributed by atoms with van der Waals surface area (Å²) in [7, 11) is 0. The number of fused-ring (bicyclic) bond motifs is 1. The molecule has 1 aliphatic rings. The van der Waals surface area contributed by atoms with Gasteiger partial charge in [0.05, 0.1) is 29.8 Å². The number of benzene rings is 1. The molecule has 0 bridgehead atoms. The second-order valence-electron chi connectivity index (χ2n) is 7.06. The fourth-order valence-electron chi connectivity index (χ4n) is 3.47. The molecular formula is C21H18F3N5O3S. The summed E-state index contributed by atoms with van der Waals surface area (Å²) in [4.78, 5) is 25.9. The van der Waals surface area contributed by atoms with Crippen molar-refractivity contribution in [2.45, 2.75) is 30.3 Å². The molecule has 33 heavy (non-hydrogen) atoms. The van der Waals surface area contributed by atoms with Crippen molar-refractivity contribution in [1.82, 2.24) is 14.8 Å². The van der Waals surface area contributed by atoms with Gasteiger partial charge < -0.3 is 9.73 Å². The maximum atomic E-state index is 13.9. The van der Waals surface area contributed by atoms with Crippen LogP contribution in [0.5, 0.6) is 0 Å². The minimum absolute atomic E-state index is 0.0138. The van der Waals surface area contributed by atoms with Crippen LogP contribution in [-0.2, 0) is 16.1 Å². The molecule has 172 valence electrons. The topological polar surface area (TPSA) is 93.3 Å². The number of hydrogen-bond acceptors (Lipinski definition) is 6. The lowest BCUT2D eigenvalue weighted by Gasteiger charge is -2.31. The summed E-state index contributed by atoms with van der Waals surface area (Å²) in [6.07, 6.45) is -2.63. The Hall–Kier alpha value is -3.54. The van der Waals surface area contributed by atoms with Gasteiger partial charge in [0.15, 0.2) is 10.9 Å². The molecule has 3 heterocycles. The molecule has 0 saturated heterocycles. The first-order chi connectivity index (χ1) is 15.8. The third kappa shape index (κ3) is 4.65. The molecule has 1 aliphatic heterocycles. The Labute approximate surface area is 190 Å². The minimum Gasteiger partial charge on any atom is -0.461 e. The van der Waals surface area contributed by atoms with Gasteiger partial charge in [0, 0.05) is 6.54 Å². The first-order valence-electron chi connectivity index (χ1n) is 9.78. The maximum Gasteiger partial charge on any atom is 0.409 e. The van der Waals surface area contributed by atoms with Gasteiger partial charge >= 0.3 is 6.18 Å². The Bertz CT molecular complexity index is 1180. The van der Waals surface area contributed by atoms with E-state index in [4.69, 9.17) is 4.42 Å². The molecule has 1 atom stereocenters. The number of furan rings is 1. The fraction of sp³-hybridized carbons (Fsp3) is 0.238. The smallest absolute Gasteiger partial charge is 0.409 e. The van der Waals surface area contributed by atoms with Crippen LogP contribution in [0.2, 0.25) is 0 Å². The van der Waals surface area contributed by atoms with E-state index in [0.29, 0.717) is 28.2 Å². The number of amides is 2. The first-order valence-corrected chi connectivity index (χ1v) is 10.8. The van der Waals surface area contributed by atoms with Crippen LogP contribution in [0.4, 0.5) is 24.5 Å². The van der Waals surface area contributed by atoms with Crippen molar-refractivity contribution in [2.75, 3.05) is 16.0 Å². The van der Waals surface area contributed by atoms with Crippen LogP contribution in [0.25, 0.3) is 11.6 Å². The fourth-order valence-corrected chi connectivity index (χ4v) is 4.28. The highest BCUT2D eigenvalue weighted by Crippen LogP contribution is 2.38. The van der Waals surface area contributed by atoms with Crippen LogP contribution in [0.1, 0.15) is 6.42 Å². The van der Waals surface area contributed by atoms with Crippen molar-refractivity contribution < 1.29 is 27.2 Å². The lowest BCUT2D eigenvalue weighted by molar-refractivity contribution is -0.157. The van der Waals surface area contributed by atoms with Crippen molar-refractivity contribution >= 4 is 35.0 Å². The molecule has 0 aliphatic carbocycles. The number of nitrogens with zero attached hydrogens (tertiary/aromatic N) is 4. The zero-order chi connectivity index (χ0) is 23.6. The molecule has 0 fully saturated rings. The van der Waals surface area contributed by atoms with Crippen LogP contribution < -0.4 is 10.2 Å². The van der Waals surface area contributed by atoms with Crippen LogP contribution in [0.15, 0.2) is 64.9 Å². The molecule has 8 nitrogen and oxygen atoms in total. The molecule has 0 spiro atoms. The zero-order valence-electron chi connectivity index (χ0n) is 17.1. The van der Waals surface area contributed by atoms with Crippen molar-refractivity contribution in [3.63, 3.8) is 0 Å². The number of thioether (sulfide) groups is 1. The summed E-state index contributed by atoms with van der Waals surface area (Å²) in [5, 5.41) is 10.9. The van der Waals surface area contributed by atoms with Gasteiger partial charge in [-0.05, 0) is 24.3 Å². The number of carbonyl (C=O) groups excluding carboxylic acids is 2. The lowest BCUT2D eigenvalue weighted by atomic mass is 10.1. The van der Waals surface area contributed by atoms with Crippen molar-refractivity contribution in [3.05, 3.63) is 55.3 Å². The number of rotatable bonds is 6. The Kier molecular flexibility index (Phi) is 6.27. The van der Waals surface area contributed by atoms with Crippen LogP contribution in [-0.4, -0.2) is 44.5 Å². The third-order valence-electron chi connectivity index (χ3n) is 4.87. The standard InChI is InChI=1S/C21H18F3N5O3S/c1-2-9-28-19(15-8-5-10-32-15)26-27-20(28)33-12-18(31)29-14-7-4-3-6-13(14)25-17(30)11-16(29)21(22,23)24/h2-8,10,16H,1,9,11-12H2,(H,25,30). The average Bonchev–Trinajstić information content (AvgIpc) is 3.39. The molecule has 3 aromatic rings. The zero-order valence-corrected chi connectivity index (χ0v) is 17.9. The number of para-hydroxylation sites is 2. The van der Waals surface area contributed by atoms with Crippen LogP contribution in [0, 0.1) is 0 Å². The normalized spacial score (nSPS) is 16.2. The average molecular weight is 477 g/mol. The highest BCUT2D eigenvalue weighted by Gasteiger charge is 2.49. The molecule has 0 radical (unpaired) electrons. The summed E-state index contributed by atoms with van der Waals surface area (Å²) in [6.45, 7) is 3.99. The number of aromatic nitrogens is 3. The number of carbonyl (C=O) groups is 2. The van der Waals surface area contributed by atoms with E-state index in [1.807, 2.05) is 0 Å². The van der Waals surface area contributed by atoms with E-state index in [2.05, 4.69) is 22.1 Å². The largest absolute Gasteiger partial charge is 0.461 e. The van der Waals surface area contributed by atoms with E-state index in [1.54, 1.807) is 28.8 Å². The van der Waals surface area contributed by atoms with E-state index in [1.165, 1.54) is 24.5 Å². The Morgan fingerprint density at radius 3 is 2.76 bits per heavy atom. The highest BCUT2D eigenvalue weighted by atomic mass is 32.2. The van der Waals surface area contributed by atoms with E-state index in [9.17, 15) is 22.8 Å². The Balaban J connectivity index is 1.63. The van der Waals surface area contributed by atoms with E-state index >= 15 is 0 Å². The monoisotopic (exact) mass is 477 g/mol. The number of anilines is 2. The Morgan fingerprint density at radius 1 is 1.27 bits per heavy atom. The molecule has 1 N–H and O–H groups in total. The van der Waals surface area contributed by atoms with Gasteiger partial charge in [-0.1, -0.05) is 30.0 Å². The van der Waals surface area contributed by atoms with E-state index in [-0.39, 0.29) is 17.1 Å². The quantitative estimate of drug-likeness (QED) is 0.424. The Morgan fingerprint density at radius 2 is 2.06 bits per heavy atom. The SMILES string of the molecule is C=CCn1c(SCC(=O)N2c3ccccc3NC(=O)CC2C(F)(F)F)nnc1-c1ccco1. The van der Waals surface area contributed by atoms with Gasteiger partial charge in [0.1, 0.15) is 6.04 Å². The molecule has 2 amide bonds. The number of alkyl halides is 3. The predicted octanol–water partition coefficient (Wildman–Crippen LogP) is 4.12. The number of allylic oxidation sites excluding steroid dienone is 1. The first kappa shape index (κ1) is 22.6. The van der Waals surface area contributed by atoms with Gasteiger partial charge in [0.25, 0.3) is 0 Å². The molecule has 4 rings (SSSR count). The molecule has 1 unspecified atom stereocenters. The molecule has 1 aromatic carbocycles. The maximum absolute atomic E-state index is 13.9. The highest BCUT2D eigenvalue weighted by molar-refractivity contribution is 7.99.